The van der Waals surface area contributed by atoms with Gasteiger partial charge in [0.2, 0.25) is 5.91 Å². The molecule has 9 heteroatoms. The molecule has 31 heavy (non-hydrogen) atoms. The molecule has 1 aromatic carbocycles. The second-order valence-electron chi connectivity index (χ2n) is 7.60. The molecule has 0 aliphatic heterocycles. The summed E-state index contributed by atoms with van der Waals surface area (Å²) in [7, 11) is 3.23. The van der Waals surface area contributed by atoms with Gasteiger partial charge in [0.05, 0.1) is 24.5 Å². The first-order valence-corrected chi connectivity index (χ1v) is 11.7. The zero-order valence-electron chi connectivity index (χ0n) is 18.3. The maximum atomic E-state index is 14.5. The van der Waals surface area contributed by atoms with Crippen LogP contribution in [0.2, 0.25) is 0 Å². The maximum absolute atomic E-state index is 14.5. The zero-order chi connectivity index (χ0) is 22.1. The van der Waals surface area contributed by atoms with Crippen molar-refractivity contribution in [2.75, 3.05) is 46.3 Å². The molecule has 0 atom stereocenters. The minimum atomic E-state index is -0.315. The fraction of sp³-hybridized carbons (Fsp3) is 0.591. The summed E-state index contributed by atoms with van der Waals surface area (Å²) in [5.74, 6) is 0.445. The van der Waals surface area contributed by atoms with Gasteiger partial charge < -0.3 is 14.4 Å². The lowest BCUT2D eigenvalue weighted by molar-refractivity contribution is -0.129. The Bertz CT molecular complexity index is 834. The van der Waals surface area contributed by atoms with E-state index in [1.54, 1.807) is 37.3 Å². The highest BCUT2D eigenvalue weighted by atomic mass is 32.2. The molecule has 1 amide bonds. The highest BCUT2D eigenvalue weighted by molar-refractivity contribution is 7.99. The molecule has 0 unspecified atom stereocenters. The van der Waals surface area contributed by atoms with Gasteiger partial charge in [-0.15, -0.1) is 10.2 Å². The van der Waals surface area contributed by atoms with Gasteiger partial charge in [-0.1, -0.05) is 43.2 Å². The first kappa shape index (κ1) is 23.7. The number of hydrogen-bond acceptors (Lipinski definition) is 6. The van der Waals surface area contributed by atoms with Crippen LogP contribution >= 0.6 is 11.8 Å². The van der Waals surface area contributed by atoms with Gasteiger partial charge in [-0.3, -0.25) is 9.36 Å². The number of benzene rings is 1. The molecule has 0 N–H and O–H groups in total. The van der Waals surface area contributed by atoms with Crippen molar-refractivity contribution in [3.05, 3.63) is 30.1 Å². The Labute approximate surface area is 187 Å². The molecule has 170 valence electrons. The van der Waals surface area contributed by atoms with Crippen molar-refractivity contribution in [1.29, 1.82) is 0 Å². The lowest BCUT2D eigenvalue weighted by atomic mass is 9.95. The summed E-state index contributed by atoms with van der Waals surface area (Å²) in [6, 6.07) is 6.86. The number of nitrogens with zero attached hydrogens (tertiary/aromatic N) is 4. The van der Waals surface area contributed by atoms with Gasteiger partial charge in [-0.2, -0.15) is 0 Å². The van der Waals surface area contributed by atoms with Crippen LogP contribution in [0.1, 0.15) is 38.1 Å². The Morgan fingerprint density at radius 3 is 2.45 bits per heavy atom. The highest BCUT2D eigenvalue weighted by Gasteiger charge is 2.26. The quantitative estimate of drug-likeness (QED) is 0.485. The third-order valence-electron chi connectivity index (χ3n) is 5.53. The summed E-state index contributed by atoms with van der Waals surface area (Å²) in [5.41, 5.74) is 0.445. The predicted molar refractivity (Wildman–Crippen MR) is 119 cm³/mol. The normalized spacial score (nSPS) is 14.7. The number of ether oxygens (including phenoxy) is 2. The predicted octanol–water partition coefficient (Wildman–Crippen LogP) is 3.80. The maximum Gasteiger partial charge on any atom is 0.233 e. The number of carbonyl (C=O) groups is 1. The fourth-order valence-electron chi connectivity index (χ4n) is 3.85. The highest BCUT2D eigenvalue weighted by Crippen LogP contribution is 2.36. The molecular formula is C22H31FN4O3S. The summed E-state index contributed by atoms with van der Waals surface area (Å²) < 4.78 is 26.8. The van der Waals surface area contributed by atoms with Crippen LogP contribution in [-0.2, 0) is 14.3 Å². The van der Waals surface area contributed by atoms with E-state index in [-0.39, 0.29) is 23.5 Å². The van der Waals surface area contributed by atoms with Crippen LogP contribution in [0, 0.1) is 5.82 Å². The summed E-state index contributed by atoms with van der Waals surface area (Å²) in [6.07, 6.45) is 5.49. The van der Waals surface area contributed by atoms with Gasteiger partial charge in [-0.25, -0.2) is 4.39 Å². The molecule has 1 fully saturated rings. The van der Waals surface area contributed by atoms with E-state index in [1.807, 2.05) is 4.57 Å². The minimum absolute atomic E-state index is 0.00950. The van der Waals surface area contributed by atoms with Crippen molar-refractivity contribution in [3.8, 4) is 11.4 Å². The molecule has 0 spiro atoms. The average molecular weight is 451 g/mol. The molecule has 1 aliphatic rings. The van der Waals surface area contributed by atoms with Crippen molar-refractivity contribution in [2.45, 2.75) is 43.3 Å². The Balaban J connectivity index is 1.80. The first-order valence-electron chi connectivity index (χ1n) is 10.7. The van der Waals surface area contributed by atoms with Gasteiger partial charge in [0.1, 0.15) is 5.82 Å². The second-order valence-corrected chi connectivity index (χ2v) is 8.55. The summed E-state index contributed by atoms with van der Waals surface area (Å²) in [5, 5.41) is 9.35. The third-order valence-corrected chi connectivity index (χ3v) is 6.46. The number of halogens is 1. The summed E-state index contributed by atoms with van der Waals surface area (Å²) in [6.45, 7) is 1.95. The van der Waals surface area contributed by atoms with Crippen molar-refractivity contribution in [3.63, 3.8) is 0 Å². The lowest BCUT2D eigenvalue weighted by Crippen LogP contribution is -2.37. The van der Waals surface area contributed by atoms with Crippen LogP contribution in [0.15, 0.2) is 29.4 Å². The molecule has 1 aliphatic carbocycles. The van der Waals surface area contributed by atoms with E-state index in [1.165, 1.54) is 24.2 Å². The molecule has 1 aromatic heterocycles. The van der Waals surface area contributed by atoms with Crippen molar-refractivity contribution >= 4 is 17.7 Å². The van der Waals surface area contributed by atoms with E-state index in [2.05, 4.69) is 10.2 Å². The molecule has 1 saturated carbocycles. The van der Waals surface area contributed by atoms with Crippen LogP contribution in [0.3, 0.4) is 0 Å². The van der Waals surface area contributed by atoms with E-state index in [0.29, 0.717) is 42.8 Å². The molecule has 1 heterocycles. The van der Waals surface area contributed by atoms with Crippen molar-refractivity contribution in [2.24, 2.45) is 0 Å². The standard InChI is InChI=1S/C22H31FN4O3S/c1-29-14-12-26(13-15-30-2)20(28)16-31-22-25-24-21(18-10-6-7-11-19(18)23)27(22)17-8-4-3-5-9-17/h6-7,10-11,17H,3-5,8-9,12-16H2,1-2H3. The van der Waals surface area contributed by atoms with Crippen LogP contribution in [0.5, 0.6) is 0 Å². The molecule has 7 nitrogen and oxygen atoms in total. The largest absolute Gasteiger partial charge is 0.383 e. The van der Waals surface area contributed by atoms with Gasteiger partial charge in [0.15, 0.2) is 11.0 Å². The Morgan fingerprint density at radius 1 is 1.13 bits per heavy atom. The average Bonchev–Trinajstić information content (AvgIpc) is 3.22. The van der Waals surface area contributed by atoms with Crippen molar-refractivity contribution in [1.82, 2.24) is 19.7 Å². The number of rotatable bonds is 11. The number of methoxy groups -OCH3 is 2. The number of aromatic nitrogens is 3. The summed E-state index contributed by atoms with van der Waals surface area (Å²) in [4.78, 5) is 14.6. The van der Waals surface area contributed by atoms with E-state index in [4.69, 9.17) is 9.47 Å². The van der Waals surface area contributed by atoms with Crippen LogP contribution in [0.4, 0.5) is 4.39 Å². The molecular weight excluding hydrogens is 419 g/mol. The Morgan fingerprint density at radius 2 is 1.81 bits per heavy atom. The number of hydrogen-bond donors (Lipinski definition) is 0. The molecule has 0 radical (unpaired) electrons. The van der Waals surface area contributed by atoms with Gasteiger partial charge >= 0.3 is 0 Å². The molecule has 3 rings (SSSR count). The van der Waals surface area contributed by atoms with E-state index < -0.39 is 0 Å². The van der Waals surface area contributed by atoms with E-state index in [0.717, 1.165) is 25.7 Å². The lowest BCUT2D eigenvalue weighted by Gasteiger charge is -2.26. The summed E-state index contributed by atoms with van der Waals surface area (Å²) >= 11 is 1.36. The molecule has 0 bridgehead atoms. The SMILES string of the molecule is COCCN(CCOC)C(=O)CSc1nnc(-c2ccccc2F)n1C1CCCCC1. The Kier molecular flexibility index (Phi) is 9.30. The topological polar surface area (TPSA) is 69.5 Å². The number of carbonyl (C=O) groups excluding carboxylic acids is 1. The first-order chi connectivity index (χ1) is 15.2. The van der Waals surface area contributed by atoms with E-state index >= 15 is 0 Å². The fourth-order valence-corrected chi connectivity index (χ4v) is 4.76. The Hall–Kier alpha value is -1.97. The van der Waals surface area contributed by atoms with E-state index in [9.17, 15) is 9.18 Å². The van der Waals surface area contributed by atoms with Crippen LogP contribution in [-0.4, -0.2) is 71.8 Å². The van der Waals surface area contributed by atoms with Gasteiger partial charge in [0, 0.05) is 33.4 Å². The monoisotopic (exact) mass is 450 g/mol. The number of thioether (sulfide) groups is 1. The minimum Gasteiger partial charge on any atom is -0.383 e. The third kappa shape index (κ3) is 6.27. The van der Waals surface area contributed by atoms with Gasteiger partial charge in [0.25, 0.3) is 0 Å². The smallest absolute Gasteiger partial charge is 0.233 e. The second kappa shape index (κ2) is 12.2. The molecule has 0 saturated heterocycles. The van der Waals surface area contributed by atoms with Crippen molar-refractivity contribution < 1.29 is 18.7 Å². The number of amides is 1. The van der Waals surface area contributed by atoms with Gasteiger partial charge in [-0.05, 0) is 25.0 Å². The molecule has 2 aromatic rings. The zero-order valence-corrected chi connectivity index (χ0v) is 19.1. The van der Waals surface area contributed by atoms with Crippen LogP contribution in [0.25, 0.3) is 11.4 Å². The van der Waals surface area contributed by atoms with Crippen LogP contribution < -0.4 is 0 Å².